The van der Waals surface area contributed by atoms with E-state index in [9.17, 15) is 9.90 Å². The van der Waals surface area contributed by atoms with Crippen LogP contribution in [-0.2, 0) is 9.59 Å². The molecule has 2 amide bonds. The Balaban J connectivity index is 0.000000878. The van der Waals surface area contributed by atoms with E-state index < -0.39 is 0 Å². The summed E-state index contributed by atoms with van der Waals surface area (Å²) in [5.41, 5.74) is 20.3. The summed E-state index contributed by atoms with van der Waals surface area (Å²) >= 11 is 0. The lowest BCUT2D eigenvalue weighted by Crippen LogP contribution is -2.48. The minimum absolute atomic E-state index is 0.0580. The largest absolute Gasteiger partial charge is 0.507 e. The number of anilines is 1. The average Bonchev–Trinajstić information content (AvgIpc) is 2.89. The van der Waals surface area contributed by atoms with Crippen LogP contribution >= 0.6 is 0 Å². The Morgan fingerprint density at radius 2 is 1.96 bits per heavy atom. The van der Waals surface area contributed by atoms with E-state index in [0.717, 1.165) is 16.8 Å². The van der Waals surface area contributed by atoms with Crippen LogP contribution in [0.2, 0.25) is 0 Å². The predicted octanol–water partition coefficient (Wildman–Crippen LogP) is 1.28. The van der Waals surface area contributed by atoms with Gasteiger partial charge in [-0.15, -0.1) is 0 Å². The van der Waals surface area contributed by atoms with Gasteiger partial charge in [-0.05, 0) is 36.8 Å². The molecule has 8 nitrogen and oxygen atoms in total. The molecule has 1 saturated heterocycles. The minimum atomic E-state index is -0.0580. The summed E-state index contributed by atoms with van der Waals surface area (Å²) in [5.74, 6) is 0.817. The molecule has 2 aromatic rings. The van der Waals surface area contributed by atoms with Gasteiger partial charge in [-0.2, -0.15) is 0 Å². The molecule has 0 unspecified atom stereocenters. The number of rotatable bonds is 4. The molecule has 0 spiro atoms. The first-order chi connectivity index (χ1) is 13.3. The summed E-state index contributed by atoms with van der Waals surface area (Å²) in [4.78, 5) is 25.1. The first-order valence-electron chi connectivity index (χ1n) is 8.64. The van der Waals surface area contributed by atoms with Gasteiger partial charge in [0.2, 0.25) is 12.3 Å². The highest BCUT2D eigenvalue weighted by Gasteiger charge is 2.33. The van der Waals surface area contributed by atoms with Crippen LogP contribution in [0.5, 0.6) is 5.75 Å². The predicted molar refractivity (Wildman–Crippen MR) is 110 cm³/mol. The summed E-state index contributed by atoms with van der Waals surface area (Å²) in [5, 5.41) is 9.94. The molecule has 28 heavy (non-hydrogen) atoms. The number of likely N-dealkylation sites (tertiary alicyclic amines) is 1. The van der Waals surface area contributed by atoms with Crippen LogP contribution in [0.1, 0.15) is 28.3 Å². The third-order valence-corrected chi connectivity index (χ3v) is 4.66. The molecular formula is C20H25N5O3. The van der Waals surface area contributed by atoms with Crippen molar-refractivity contribution in [2.45, 2.75) is 12.8 Å². The van der Waals surface area contributed by atoms with E-state index in [4.69, 9.17) is 16.3 Å². The van der Waals surface area contributed by atoms with Gasteiger partial charge in [0.05, 0.1) is 0 Å². The lowest BCUT2D eigenvalue weighted by atomic mass is 9.92. The maximum atomic E-state index is 11.6. The van der Waals surface area contributed by atoms with Crippen LogP contribution in [0, 0.1) is 6.92 Å². The van der Waals surface area contributed by atoms with E-state index >= 15 is 0 Å². The maximum Gasteiger partial charge on any atom is 0.245 e. The molecular weight excluding hydrogens is 358 g/mol. The standard InChI is InChI=1S/C19H22N4O2.CH3NO/c1-3-17(25)23-9-12(10-23)18-11(2)14(19(21)22-18)8-15(20)13-6-4-5-7-16(13)24;2-1-3/h3-8,12,22,24H,1,9-10,20-21H2,2H3;1H,(H2,2,3)/b15-8-;. The smallest absolute Gasteiger partial charge is 0.245 e. The summed E-state index contributed by atoms with van der Waals surface area (Å²) < 4.78 is 0. The second kappa shape index (κ2) is 8.81. The van der Waals surface area contributed by atoms with Crippen LogP contribution in [0.4, 0.5) is 5.82 Å². The van der Waals surface area contributed by atoms with Gasteiger partial charge in [-0.25, -0.2) is 0 Å². The lowest BCUT2D eigenvalue weighted by Gasteiger charge is -2.38. The zero-order chi connectivity index (χ0) is 20.8. The van der Waals surface area contributed by atoms with Crippen molar-refractivity contribution in [3.8, 4) is 5.75 Å². The molecule has 0 saturated carbocycles. The summed E-state index contributed by atoms with van der Waals surface area (Å²) in [6.07, 6.45) is 3.35. The number of carbonyl (C=O) groups excluding carboxylic acids is 2. The lowest BCUT2D eigenvalue weighted by molar-refractivity contribution is -0.130. The van der Waals surface area contributed by atoms with Crippen molar-refractivity contribution < 1.29 is 14.7 Å². The Hall–Kier alpha value is -3.68. The second-order valence-electron chi connectivity index (χ2n) is 6.39. The number of nitrogens with one attached hydrogen (secondary N) is 1. The van der Waals surface area contributed by atoms with Crippen LogP contribution in [-0.4, -0.2) is 40.4 Å². The first-order valence-corrected chi connectivity index (χ1v) is 8.64. The van der Waals surface area contributed by atoms with Gasteiger partial charge in [0.1, 0.15) is 11.6 Å². The molecule has 1 aromatic heterocycles. The zero-order valence-electron chi connectivity index (χ0n) is 15.7. The van der Waals surface area contributed by atoms with Crippen molar-refractivity contribution in [2.75, 3.05) is 18.8 Å². The molecule has 0 bridgehead atoms. The van der Waals surface area contributed by atoms with E-state index in [1.54, 1.807) is 29.2 Å². The third kappa shape index (κ3) is 4.17. The van der Waals surface area contributed by atoms with Crippen molar-refractivity contribution >= 4 is 29.9 Å². The molecule has 0 aliphatic carbocycles. The average molecular weight is 383 g/mol. The number of amides is 2. The monoisotopic (exact) mass is 383 g/mol. The Morgan fingerprint density at radius 3 is 2.54 bits per heavy atom. The van der Waals surface area contributed by atoms with E-state index in [1.165, 1.54) is 6.08 Å². The third-order valence-electron chi connectivity index (χ3n) is 4.66. The van der Waals surface area contributed by atoms with Crippen molar-refractivity contribution in [1.82, 2.24) is 9.88 Å². The van der Waals surface area contributed by atoms with E-state index in [1.807, 2.05) is 13.0 Å². The van der Waals surface area contributed by atoms with Gasteiger partial charge in [-0.1, -0.05) is 18.7 Å². The Morgan fingerprint density at radius 1 is 1.36 bits per heavy atom. The highest BCUT2D eigenvalue weighted by atomic mass is 16.3. The molecule has 0 atom stereocenters. The quantitative estimate of drug-likeness (QED) is 0.398. The number of nitrogen functional groups attached to an aromatic ring is 1. The summed E-state index contributed by atoms with van der Waals surface area (Å²) in [7, 11) is 0. The highest BCUT2D eigenvalue weighted by Crippen LogP contribution is 2.34. The number of primary amides is 1. The first kappa shape index (κ1) is 20.6. The molecule has 1 fully saturated rings. The number of aromatic amines is 1. The van der Waals surface area contributed by atoms with Crippen molar-refractivity contribution in [3.63, 3.8) is 0 Å². The van der Waals surface area contributed by atoms with Gasteiger partial charge >= 0.3 is 0 Å². The normalized spacial score (nSPS) is 13.9. The fourth-order valence-electron chi connectivity index (χ4n) is 3.17. The second-order valence-corrected chi connectivity index (χ2v) is 6.39. The molecule has 1 aromatic carbocycles. The number of nitrogens with two attached hydrogens (primary N) is 3. The number of H-pyrrole nitrogens is 1. The van der Waals surface area contributed by atoms with Crippen molar-refractivity contribution in [3.05, 3.63) is 59.3 Å². The molecule has 148 valence electrons. The Bertz CT molecular complexity index is 911. The van der Waals surface area contributed by atoms with Gasteiger partial charge in [0.25, 0.3) is 0 Å². The molecule has 8 N–H and O–H groups in total. The van der Waals surface area contributed by atoms with Crippen molar-refractivity contribution in [2.24, 2.45) is 11.5 Å². The number of phenols is 1. The number of para-hydroxylation sites is 1. The van der Waals surface area contributed by atoms with Gasteiger partial charge < -0.3 is 32.2 Å². The van der Waals surface area contributed by atoms with Gasteiger partial charge in [0, 0.05) is 41.5 Å². The van der Waals surface area contributed by atoms with E-state index in [0.29, 0.717) is 30.2 Å². The fourth-order valence-corrected chi connectivity index (χ4v) is 3.17. The van der Waals surface area contributed by atoms with Crippen LogP contribution in [0.15, 0.2) is 36.9 Å². The van der Waals surface area contributed by atoms with Crippen LogP contribution < -0.4 is 17.2 Å². The topological polar surface area (TPSA) is 151 Å². The molecule has 8 heteroatoms. The van der Waals surface area contributed by atoms with Gasteiger partial charge in [-0.3, -0.25) is 9.59 Å². The number of aromatic hydroxyl groups is 1. The van der Waals surface area contributed by atoms with E-state index in [2.05, 4.69) is 17.3 Å². The number of hydrogen-bond acceptors (Lipinski definition) is 5. The molecule has 1 aliphatic rings. The van der Waals surface area contributed by atoms with E-state index in [-0.39, 0.29) is 24.0 Å². The number of phenolic OH excluding ortho intramolecular Hbond substituents is 1. The van der Waals surface area contributed by atoms with Crippen LogP contribution in [0.25, 0.3) is 11.8 Å². The molecule has 0 radical (unpaired) electrons. The highest BCUT2D eigenvalue weighted by molar-refractivity contribution is 5.88. The Labute approximate surface area is 163 Å². The molecule has 1 aliphatic heterocycles. The fraction of sp³-hybridized carbons (Fsp3) is 0.200. The maximum absolute atomic E-state index is 11.6. The van der Waals surface area contributed by atoms with Gasteiger partial charge in [0.15, 0.2) is 0 Å². The van der Waals surface area contributed by atoms with Crippen molar-refractivity contribution in [1.29, 1.82) is 0 Å². The molecule has 2 heterocycles. The number of aromatic nitrogens is 1. The number of benzene rings is 1. The summed E-state index contributed by atoms with van der Waals surface area (Å²) in [6.45, 7) is 6.77. The number of nitrogens with zero attached hydrogens (tertiary/aromatic N) is 1. The number of carbonyl (C=O) groups is 2. The minimum Gasteiger partial charge on any atom is -0.507 e. The van der Waals surface area contributed by atoms with Crippen LogP contribution in [0.3, 0.4) is 0 Å². The summed E-state index contributed by atoms with van der Waals surface area (Å²) in [6, 6.07) is 6.90. The number of hydrogen-bond donors (Lipinski definition) is 5. The Kier molecular flexibility index (Phi) is 6.49. The molecule has 3 rings (SSSR count). The zero-order valence-corrected chi connectivity index (χ0v) is 15.7. The SMILES string of the molecule is C=CC(=O)N1CC(c2[nH]c(N)c(/C=C(\N)c3ccccc3O)c2C)C1.NC=O.